The minimum absolute atomic E-state index is 0.0549. The van der Waals surface area contributed by atoms with Crippen LogP contribution in [0, 0.1) is 3.57 Å². The van der Waals surface area contributed by atoms with E-state index in [1.807, 2.05) is 0 Å². The van der Waals surface area contributed by atoms with Crippen molar-refractivity contribution < 1.29 is 4.74 Å². The Hall–Kier alpha value is -0.430. The summed E-state index contributed by atoms with van der Waals surface area (Å²) in [5.41, 5.74) is 5.67. The highest BCUT2D eigenvalue weighted by atomic mass is 127. The Balaban J connectivity index is 2.25. The Morgan fingerprint density at radius 1 is 1.62 bits per heavy atom. The summed E-state index contributed by atoms with van der Waals surface area (Å²) in [7, 11) is 0. The SMILES string of the molecule is Nc1nc(C2CCCO2)ncc1I. The van der Waals surface area contributed by atoms with Crippen LogP contribution in [0.3, 0.4) is 0 Å². The van der Waals surface area contributed by atoms with E-state index in [4.69, 9.17) is 10.5 Å². The zero-order valence-electron chi connectivity index (χ0n) is 7.03. The van der Waals surface area contributed by atoms with Crippen LogP contribution in [0.5, 0.6) is 0 Å². The number of nitrogens with zero attached hydrogens (tertiary/aromatic N) is 2. The Morgan fingerprint density at radius 2 is 2.46 bits per heavy atom. The number of nitrogens with two attached hydrogens (primary N) is 1. The van der Waals surface area contributed by atoms with Crippen molar-refractivity contribution in [3.05, 3.63) is 15.6 Å². The lowest BCUT2D eigenvalue weighted by molar-refractivity contribution is 0.105. The molecule has 0 amide bonds. The number of anilines is 1. The number of aromatic nitrogens is 2. The Morgan fingerprint density at radius 3 is 3.08 bits per heavy atom. The first kappa shape index (κ1) is 9.14. The molecule has 2 N–H and O–H groups in total. The van der Waals surface area contributed by atoms with Crippen LogP contribution in [-0.4, -0.2) is 16.6 Å². The first-order chi connectivity index (χ1) is 6.27. The van der Waals surface area contributed by atoms with Crippen LogP contribution < -0.4 is 5.73 Å². The zero-order valence-corrected chi connectivity index (χ0v) is 9.19. The fourth-order valence-corrected chi connectivity index (χ4v) is 1.59. The molecule has 1 aliphatic heterocycles. The highest BCUT2D eigenvalue weighted by molar-refractivity contribution is 14.1. The molecule has 1 saturated heterocycles. The van der Waals surface area contributed by atoms with E-state index >= 15 is 0 Å². The summed E-state index contributed by atoms with van der Waals surface area (Å²) < 4.78 is 6.34. The maximum atomic E-state index is 5.67. The molecule has 0 aliphatic carbocycles. The van der Waals surface area contributed by atoms with Gasteiger partial charge in [0.25, 0.3) is 0 Å². The van der Waals surface area contributed by atoms with Crippen LogP contribution in [0.15, 0.2) is 6.20 Å². The zero-order chi connectivity index (χ0) is 9.26. The molecule has 2 heterocycles. The average Bonchev–Trinajstić information content (AvgIpc) is 2.62. The summed E-state index contributed by atoms with van der Waals surface area (Å²) in [6.07, 6.45) is 3.87. The van der Waals surface area contributed by atoms with Gasteiger partial charge in [0.15, 0.2) is 5.82 Å². The third-order valence-electron chi connectivity index (χ3n) is 2.01. The van der Waals surface area contributed by atoms with Crippen molar-refractivity contribution >= 4 is 28.4 Å². The van der Waals surface area contributed by atoms with Gasteiger partial charge in [-0.05, 0) is 35.4 Å². The lowest BCUT2D eigenvalue weighted by Crippen LogP contribution is -2.06. The number of nitrogen functional groups attached to an aromatic ring is 1. The molecule has 0 aromatic carbocycles. The molecule has 0 bridgehead atoms. The second kappa shape index (κ2) is 3.75. The van der Waals surface area contributed by atoms with Gasteiger partial charge in [0.2, 0.25) is 0 Å². The van der Waals surface area contributed by atoms with Crippen LogP contribution in [0.25, 0.3) is 0 Å². The van der Waals surface area contributed by atoms with Gasteiger partial charge in [-0.3, -0.25) is 0 Å². The summed E-state index contributed by atoms with van der Waals surface area (Å²) in [5.74, 6) is 1.26. The summed E-state index contributed by atoms with van der Waals surface area (Å²) in [6.45, 7) is 0.805. The van der Waals surface area contributed by atoms with Crippen LogP contribution in [0.1, 0.15) is 24.8 Å². The quantitative estimate of drug-likeness (QED) is 0.797. The molecule has 1 fully saturated rings. The predicted molar refractivity (Wildman–Crippen MR) is 57.1 cm³/mol. The van der Waals surface area contributed by atoms with Crippen molar-refractivity contribution in [1.82, 2.24) is 9.97 Å². The molecule has 13 heavy (non-hydrogen) atoms. The van der Waals surface area contributed by atoms with E-state index in [1.165, 1.54) is 0 Å². The topological polar surface area (TPSA) is 61.0 Å². The molecule has 1 aromatic heterocycles. The monoisotopic (exact) mass is 291 g/mol. The lowest BCUT2D eigenvalue weighted by Gasteiger charge is -2.07. The lowest BCUT2D eigenvalue weighted by atomic mass is 10.2. The van der Waals surface area contributed by atoms with Gasteiger partial charge in [0, 0.05) is 12.8 Å². The maximum absolute atomic E-state index is 5.67. The summed E-state index contributed by atoms with van der Waals surface area (Å²) >= 11 is 2.11. The van der Waals surface area contributed by atoms with Gasteiger partial charge >= 0.3 is 0 Å². The van der Waals surface area contributed by atoms with E-state index < -0.39 is 0 Å². The molecule has 4 nitrogen and oxygen atoms in total. The van der Waals surface area contributed by atoms with Gasteiger partial charge < -0.3 is 10.5 Å². The molecule has 1 atom stereocenters. The fraction of sp³-hybridized carbons (Fsp3) is 0.500. The van der Waals surface area contributed by atoms with Crippen molar-refractivity contribution in [2.24, 2.45) is 0 Å². The minimum atomic E-state index is 0.0549. The highest BCUT2D eigenvalue weighted by Gasteiger charge is 2.20. The Bertz CT molecular complexity index is 312. The van der Waals surface area contributed by atoms with E-state index in [9.17, 15) is 0 Å². The van der Waals surface area contributed by atoms with Gasteiger partial charge in [-0.2, -0.15) is 0 Å². The largest absolute Gasteiger partial charge is 0.383 e. The van der Waals surface area contributed by atoms with E-state index in [2.05, 4.69) is 32.6 Å². The number of hydrogen-bond acceptors (Lipinski definition) is 4. The summed E-state index contributed by atoms with van der Waals surface area (Å²) in [4.78, 5) is 8.39. The Kier molecular flexibility index (Phi) is 2.63. The van der Waals surface area contributed by atoms with Crippen LogP contribution >= 0.6 is 22.6 Å². The van der Waals surface area contributed by atoms with Gasteiger partial charge in [-0.1, -0.05) is 0 Å². The second-order valence-electron chi connectivity index (χ2n) is 2.96. The number of halogens is 1. The highest BCUT2D eigenvalue weighted by Crippen LogP contribution is 2.26. The van der Waals surface area contributed by atoms with Crippen molar-refractivity contribution in [2.45, 2.75) is 18.9 Å². The molecule has 1 aromatic rings. The van der Waals surface area contributed by atoms with Crippen LogP contribution in [-0.2, 0) is 4.74 Å². The van der Waals surface area contributed by atoms with E-state index in [0.717, 1.165) is 28.8 Å². The summed E-state index contributed by atoms with van der Waals surface area (Å²) in [5, 5.41) is 0. The van der Waals surface area contributed by atoms with Crippen molar-refractivity contribution in [3.63, 3.8) is 0 Å². The third-order valence-corrected chi connectivity index (χ3v) is 2.84. The van der Waals surface area contributed by atoms with Crippen molar-refractivity contribution in [1.29, 1.82) is 0 Å². The Labute approximate surface area is 90.0 Å². The van der Waals surface area contributed by atoms with Gasteiger partial charge in [0.05, 0.1) is 3.57 Å². The smallest absolute Gasteiger partial charge is 0.159 e. The molecule has 0 radical (unpaired) electrons. The van der Waals surface area contributed by atoms with Gasteiger partial charge in [0.1, 0.15) is 11.9 Å². The average molecular weight is 291 g/mol. The molecular weight excluding hydrogens is 281 g/mol. The number of hydrogen-bond donors (Lipinski definition) is 1. The molecule has 5 heteroatoms. The van der Waals surface area contributed by atoms with E-state index in [-0.39, 0.29) is 6.10 Å². The first-order valence-corrected chi connectivity index (χ1v) is 5.25. The number of rotatable bonds is 1. The molecule has 1 unspecified atom stereocenters. The molecule has 0 spiro atoms. The van der Waals surface area contributed by atoms with Crippen molar-refractivity contribution in [3.8, 4) is 0 Å². The third kappa shape index (κ3) is 1.91. The number of ether oxygens (including phenoxy) is 1. The van der Waals surface area contributed by atoms with Crippen LogP contribution in [0.4, 0.5) is 5.82 Å². The normalized spacial score (nSPS) is 22.1. The fourth-order valence-electron chi connectivity index (χ4n) is 1.33. The molecule has 1 aliphatic rings. The maximum Gasteiger partial charge on any atom is 0.159 e. The van der Waals surface area contributed by atoms with Gasteiger partial charge in [-0.15, -0.1) is 0 Å². The minimum Gasteiger partial charge on any atom is -0.383 e. The first-order valence-electron chi connectivity index (χ1n) is 4.17. The summed E-state index contributed by atoms with van der Waals surface area (Å²) in [6, 6.07) is 0. The molecule has 70 valence electrons. The molecule has 0 saturated carbocycles. The van der Waals surface area contributed by atoms with Crippen molar-refractivity contribution in [2.75, 3.05) is 12.3 Å². The van der Waals surface area contributed by atoms with Crippen LogP contribution in [0.2, 0.25) is 0 Å². The van der Waals surface area contributed by atoms with Gasteiger partial charge in [-0.25, -0.2) is 9.97 Å². The predicted octanol–water partition coefficient (Wildman–Crippen LogP) is 1.51. The molecule has 2 rings (SSSR count). The van der Waals surface area contributed by atoms with E-state index in [1.54, 1.807) is 6.20 Å². The second-order valence-corrected chi connectivity index (χ2v) is 4.13. The molecular formula is C8H10IN3O. The standard InChI is InChI=1S/C8H10IN3O/c9-5-4-11-8(12-7(5)10)6-2-1-3-13-6/h4,6H,1-3H2,(H2,10,11,12). The van der Waals surface area contributed by atoms with E-state index in [0.29, 0.717) is 5.82 Å².